The lowest BCUT2D eigenvalue weighted by Gasteiger charge is -2.29. The number of aryl methyl sites for hydroxylation is 1. The zero-order valence-corrected chi connectivity index (χ0v) is 15.7. The molecule has 0 aromatic carbocycles. The molecule has 3 heterocycles. The number of thiophene rings is 1. The minimum atomic E-state index is -0.195. The molecule has 0 unspecified atom stereocenters. The van der Waals surface area contributed by atoms with E-state index in [0.717, 1.165) is 44.3 Å². The molecule has 3 rings (SSSR count). The quantitative estimate of drug-likeness (QED) is 0.557. The lowest BCUT2D eigenvalue weighted by atomic mass is 10.1. The molecule has 25 heavy (non-hydrogen) atoms. The van der Waals surface area contributed by atoms with Crippen LogP contribution in [0.15, 0.2) is 22.8 Å². The van der Waals surface area contributed by atoms with E-state index >= 15 is 0 Å². The number of amides is 1. The highest BCUT2D eigenvalue weighted by atomic mass is 32.1. The van der Waals surface area contributed by atoms with Gasteiger partial charge in [0.15, 0.2) is 5.76 Å². The zero-order chi connectivity index (χ0) is 17.8. The normalized spacial score (nSPS) is 20.6. The average Bonchev–Trinajstić information content (AvgIpc) is 3.22. The standard InChI is InChI=1S/C18H25N3O3S/c1-13-14(2)25-18(19-17(23)16-4-3-11-24-16)15(13)12-21-7-5-20(6-8-21)9-10-22/h3-4,11,22H,5-10,12H2,1-2H3,(H,19,23)/p+2. The van der Waals surface area contributed by atoms with E-state index < -0.39 is 0 Å². The Labute approximate surface area is 152 Å². The second-order valence-electron chi connectivity index (χ2n) is 6.67. The number of piperazine rings is 1. The molecule has 0 spiro atoms. The van der Waals surface area contributed by atoms with Gasteiger partial charge in [0.05, 0.1) is 12.9 Å². The highest BCUT2D eigenvalue weighted by molar-refractivity contribution is 7.16. The molecule has 0 aliphatic carbocycles. The van der Waals surface area contributed by atoms with Crippen LogP contribution in [0.1, 0.15) is 26.6 Å². The third-order valence-electron chi connectivity index (χ3n) is 5.04. The number of aliphatic hydroxyl groups is 1. The van der Waals surface area contributed by atoms with Crippen molar-refractivity contribution < 1.29 is 24.1 Å². The van der Waals surface area contributed by atoms with Gasteiger partial charge in [0.1, 0.15) is 44.3 Å². The van der Waals surface area contributed by atoms with E-state index in [1.165, 1.54) is 32.1 Å². The number of hydrogen-bond acceptors (Lipinski definition) is 4. The number of anilines is 1. The predicted octanol–water partition coefficient (Wildman–Crippen LogP) is -0.514. The van der Waals surface area contributed by atoms with Gasteiger partial charge in [-0.2, -0.15) is 0 Å². The van der Waals surface area contributed by atoms with E-state index in [-0.39, 0.29) is 12.5 Å². The molecule has 4 N–H and O–H groups in total. The summed E-state index contributed by atoms with van der Waals surface area (Å²) in [4.78, 5) is 16.6. The smallest absolute Gasteiger partial charge is 0.291 e. The van der Waals surface area contributed by atoms with Crippen LogP contribution < -0.4 is 15.1 Å². The molecular weight excluding hydrogens is 338 g/mol. The molecule has 6 nitrogen and oxygen atoms in total. The lowest BCUT2D eigenvalue weighted by molar-refractivity contribution is -1.02. The molecule has 0 atom stereocenters. The van der Waals surface area contributed by atoms with Gasteiger partial charge in [-0.3, -0.25) is 4.79 Å². The van der Waals surface area contributed by atoms with Crippen LogP contribution >= 0.6 is 11.3 Å². The van der Waals surface area contributed by atoms with Crippen LogP contribution in [-0.4, -0.2) is 50.3 Å². The first-order valence-corrected chi connectivity index (χ1v) is 9.62. The maximum Gasteiger partial charge on any atom is 0.291 e. The van der Waals surface area contributed by atoms with Gasteiger partial charge in [0.25, 0.3) is 5.91 Å². The SMILES string of the molecule is Cc1sc(NC(=O)c2ccco2)c(C[NH+]2CC[NH+](CCO)CC2)c1C. The van der Waals surface area contributed by atoms with Gasteiger partial charge in [0.2, 0.25) is 0 Å². The zero-order valence-electron chi connectivity index (χ0n) is 14.9. The first-order chi connectivity index (χ1) is 12.1. The van der Waals surface area contributed by atoms with E-state index in [1.807, 2.05) is 0 Å². The van der Waals surface area contributed by atoms with Crippen molar-refractivity contribution in [2.24, 2.45) is 0 Å². The van der Waals surface area contributed by atoms with E-state index in [2.05, 4.69) is 19.2 Å². The van der Waals surface area contributed by atoms with Crippen LogP contribution in [0.5, 0.6) is 0 Å². The number of rotatable bonds is 6. The molecule has 1 aliphatic rings. The fourth-order valence-corrected chi connectivity index (χ4v) is 4.43. The Morgan fingerprint density at radius 1 is 1.28 bits per heavy atom. The number of aliphatic hydroxyl groups excluding tert-OH is 1. The molecule has 1 aliphatic heterocycles. The Balaban J connectivity index is 1.68. The Hall–Kier alpha value is -1.67. The van der Waals surface area contributed by atoms with Crippen LogP contribution in [0.2, 0.25) is 0 Å². The molecule has 136 valence electrons. The number of carbonyl (C=O) groups excluding carboxylic acids is 1. The second-order valence-corrected chi connectivity index (χ2v) is 7.90. The molecular formula is C18H27N3O3S+2. The van der Waals surface area contributed by atoms with Crippen molar-refractivity contribution in [3.63, 3.8) is 0 Å². The summed E-state index contributed by atoms with van der Waals surface area (Å²) in [5.41, 5.74) is 2.51. The molecule has 1 saturated heterocycles. The van der Waals surface area contributed by atoms with E-state index in [0.29, 0.717) is 5.76 Å². The fourth-order valence-electron chi connectivity index (χ4n) is 3.35. The summed E-state index contributed by atoms with van der Waals surface area (Å²) in [6.45, 7) is 10.6. The van der Waals surface area contributed by atoms with Crippen LogP contribution in [0.3, 0.4) is 0 Å². The average molecular weight is 365 g/mol. The minimum Gasteiger partial charge on any atom is -0.459 e. The van der Waals surface area contributed by atoms with Crippen LogP contribution in [0.25, 0.3) is 0 Å². The second kappa shape index (κ2) is 8.14. The van der Waals surface area contributed by atoms with Gasteiger partial charge in [-0.25, -0.2) is 0 Å². The van der Waals surface area contributed by atoms with E-state index in [4.69, 9.17) is 9.52 Å². The number of carbonyl (C=O) groups is 1. The predicted molar refractivity (Wildman–Crippen MR) is 97.5 cm³/mol. The van der Waals surface area contributed by atoms with Crippen molar-refractivity contribution in [1.29, 1.82) is 0 Å². The summed E-state index contributed by atoms with van der Waals surface area (Å²) in [6, 6.07) is 3.40. The van der Waals surface area contributed by atoms with Crippen molar-refractivity contribution in [1.82, 2.24) is 0 Å². The van der Waals surface area contributed by atoms with Crippen LogP contribution in [0.4, 0.5) is 5.00 Å². The van der Waals surface area contributed by atoms with Crippen molar-refractivity contribution in [2.75, 3.05) is 44.6 Å². The van der Waals surface area contributed by atoms with Crippen molar-refractivity contribution in [3.05, 3.63) is 40.2 Å². The molecule has 0 bridgehead atoms. The van der Waals surface area contributed by atoms with Gasteiger partial charge in [-0.15, -0.1) is 11.3 Å². The Bertz CT molecular complexity index is 703. The third kappa shape index (κ3) is 4.30. The van der Waals surface area contributed by atoms with Gasteiger partial charge < -0.3 is 24.6 Å². The Kier molecular flexibility index (Phi) is 5.90. The maximum atomic E-state index is 12.3. The first kappa shape index (κ1) is 18.1. The van der Waals surface area contributed by atoms with Crippen molar-refractivity contribution in [3.8, 4) is 0 Å². The van der Waals surface area contributed by atoms with Gasteiger partial charge in [-0.1, -0.05) is 0 Å². The van der Waals surface area contributed by atoms with Crippen molar-refractivity contribution in [2.45, 2.75) is 20.4 Å². The third-order valence-corrected chi connectivity index (χ3v) is 6.20. The topological polar surface area (TPSA) is 71.3 Å². The largest absolute Gasteiger partial charge is 0.459 e. The summed E-state index contributed by atoms with van der Waals surface area (Å²) in [7, 11) is 0. The van der Waals surface area contributed by atoms with Crippen molar-refractivity contribution >= 4 is 22.2 Å². The molecule has 7 heteroatoms. The number of furan rings is 1. The Morgan fingerprint density at radius 2 is 2.00 bits per heavy atom. The number of quaternary nitrogens is 2. The van der Waals surface area contributed by atoms with E-state index in [9.17, 15) is 4.79 Å². The molecule has 1 amide bonds. The summed E-state index contributed by atoms with van der Waals surface area (Å²) in [6.07, 6.45) is 1.51. The Morgan fingerprint density at radius 3 is 2.64 bits per heavy atom. The minimum absolute atomic E-state index is 0.195. The summed E-state index contributed by atoms with van der Waals surface area (Å²) in [5.74, 6) is 0.142. The maximum absolute atomic E-state index is 12.3. The summed E-state index contributed by atoms with van der Waals surface area (Å²) in [5, 5.41) is 13.0. The highest BCUT2D eigenvalue weighted by Gasteiger charge is 2.26. The van der Waals surface area contributed by atoms with Crippen LogP contribution in [-0.2, 0) is 6.54 Å². The number of hydrogen-bond donors (Lipinski definition) is 4. The molecule has 1 fully saturated rings. The number of nitrogens with one attached hydrogen (secondary N) is 3. The summed E-state index contributed by atoms with van der Waals surface area (Å²) < 4.78 is 5.19. The molecule has 2 aromatic heterocycles. The fraction of sp³-hybridized carbons (Fsp3) is 0.500. The highest BCUT2D eigenvalue weighted by Crippen LogP contribution is 2.32. The van der Waals surface area contributed by atoms with Crippen LogP contribution in [0, 0.1) is 13.8 Å². The molecule has 2 aromatic rings. The van der Waals surface area contributed by atoms with Gasteiger partial charge >= 0.3 is 0 Å². The lowest BCUT2D eigenvalue weighted by Crippen LogP contribution is -3.27. The summed E-state index contributed by atoms with van der Waals surface area (Å²) >= 11 is 1.64. The molecule has 0 saturated carbocycles. The monoisotopic (exact) mass is 365 g/mol. The van der Waals surface area contributed by atoms with E-state index in [1.54, 1.807) is 23.5 Å². The molecule has 0 radical (unpaired) electrons. The van der Waals surface area contributed by atoms with Gasteiger partial charge in [-0.05, 0) is 31.5 Å². The van der Waals surface area contributed by atoms with Gasteiger partial charge in [0, 0.05) is 10.4 Å². The first-order valence-electron chi connectivity index (χ1n) is 8.80.